The van der Waals surface area contributed by atoms with Crippen molar-refractivity contribution in [3.05, 3.63) is 16.3 Å². The SMILES string of the molecule is CN=C(NCCCn1nc2n(c1=O)CCCC2)N1CCN(C(=O)C2CCCO2)CC1. The van der Waals surface area contributed by atoms with Gasteiger partial charge in [0.25, 0.3) is 5.91 Å². The zero-order chi connectivity index (χ0) is 20.9. The number of piperazine rings is 1. The van der Waals surface area contributed by atoms with Gasteiger partial charge in [-0.05, 0) is 32.1 Å². The molecule has 10 nitrogen and oxygen atoms in total. The fourth-order valence-corrected chi connectivity index (χ4v) is 4.47. The number of amides is 1. The van der Waals surface area contributed by atoms with Crippen LogP contribution in [-0.4, -0.2) is 88.5 Å². The Balaban J connectivity index is 1.21. The minimum absolute atomic E-state index is 0.0149. The predicted molar refractivity (Wildman–Crippen MR) is 113 cm³/mol. The van der Waals surface area contributed by atoms with Crippen LogP contribution in [0.1, 0.15) is 37.9 Å². The molecular weight excluding hydrogens is 386 g/mol. The highest BCUT2D eigenvalue weighted by Crippen LogP contribution is 2.16. The molecule has 1 amide bonds. The fraction of sp³-hybridized carbons (Fsp3) is 0.800. The van der Waals surface area contributed by atoms with Gasteiger partial charge in [-0.3, -0.25) is 14.4 Å². The second-order valence-electron chi connectivity index (χ2n) is 8.17. The van der Waals surface area contributed by atoms with Gasteiger partial charge in [0.15, 0.2) is 5.96 Å². The first-order valence-electron chi connectivity index (χ1n) is 11.2. The van der Waals surface area contributed by atoms with Crippen molar-refractivity contribution in [1.29, 1.82) is 0 Å². The molecule has 166 valence electrons. The Morgan fingerprint density at radius 1 is 1.17 bits per heavy atom. The van der Waals surface area contributed by atoms with Crippen LogP contribution in [0.4, 0.5) is 0 Å². The lowest BCUT2D eigenvalue weighted by Crippen LogP contribution is -2.55. The Morgan fingerprint density at radius 2 is 1.97 bits per heavy atom. The molecule has 10 heteroatoms. The molecule has 0 saturated carbocycles. The maximum absolute atomic E-state index is 12.5. The van der Waals surface area contributed by atoms with Gasteiger partial charge in [-0.15, -0.1) is 0 Å². The second kappa shape index (κ2) is 9.63. The minimum Gasteiger partial charge on any atom is -0.368 e. The molecule has 30 heavy (non-hydrogen) atoms. The van der Waals surface area contributed by atoms with E-state index in [9.17, 15) is 9.59 Å². The number of ether oxygens (including phenoxy) is 1. The number of rotatable bonds is 5. The van der Waals surface area contributed by atoms with Gasteiger partial charge in [-0.1, -0.05) is 0 Å². The summed E-state index contributed by atoms with van der Waals surface area (Å²) in [5.41, 5.74) is 0.0149. The normalized spacial score (nSPS) is 22.3. The van der Waals surface area contributed by atoms with Crippen molar-refractivity contribution in [3.63, 3.8) is 0 Å². The molecule has 4 heterocycles. The van der Waals surface area contributed by atoms with Gasteiger partial charge < -0.3 is 19.9 Å². The van der Waals surface area contributed by atoms with Gasteiger partial charge in [-0.2, -0.15) is 5.10 Å². The molecule has 1 unspecified atom stereocenters. The van der Waals surface area contributed by atoms with Crippen molar-refractivity contribution < 1.29 is 9.53 Å². The number of hydrogen-bond donors (Lipinski definition) is 1. The van der Waals surface area contributed by atoms with E-state index in [0.29, 0.717) is 26.2 Å². The van der Waals surface area contributed by atoms with Gasteiger partial charge in [0.2, 0.25) is 0 Å². The number of aromatic nitrogens is 3. The molecular formula is C20H33N7O3. The number of nitrogens with one attached hydrogen (secondary N) is 1. The first-order valence-corrected chi connectivity index (χ1v) is 11.2. The molecule has 2 fully saturated rings. The predicted octanol–water partition coefficient (Wildman–Crippen LogP) is -0.330. The lowest BCUT2D eigenvalue weighted by atomic mass is 10.2. The van der Waals surface area contributed by atoms with Crippen LogP contribution in [-0.2, 0) is 29.0 Å². The van der Waals surface area contributed by atoms with Crippen LogP contribution in [0.25, 0.3) is 0 Å². The second-order valence-corrected chi connectivity index (χ2v) is 8.17. The van der Waals surface area contributed by atoms with Crippen molar-refractivity contribution in [1.82, 2.24) is 29.5 Å². The Kier molecular flexibility index (Phi) is 6.71. The lowest BCUT2D eigenvalue weighted by Gasteiger charge is -2.37. The van der Waals surface area contributed by atoms with Crippen molar-refractivity contribution in [2.45, 2.75) is 57.7 Å². The molecule has 0 radical (unpaired) electrons. The molecule has 1 aromatic heterocycles. The van der Waals surface area contributed by atoms with Crippen LogP contribution in [0.3, 0.4) is 0 Å². The number of nitrogens with zero attached hydrogens (tertiary/aromatic N) is 6. The van der Waals surface area contributed by atoms with Gasteiger partial charge in [0.05, 0.1) is 0 Å². The van der Waals surface area contributed by atoms with Crippen LogP contribution < -0.4 is 11.0 Å². The Bertz CT molecular complexity index is 817. The van der Waals surface area contributed by atoms with E-state index < -0.39 is 0 Å². The van der Waals surface area contributed by atoms with Gasteiger partial charge in [0.1, 0.15) is 11.9 Å². The molecule has 4 rings (SSSR count). The zero-order valence-electron chi connectivity index (χ0n) is 17.9. The molecule has 0 bridgehead atoms. The smallest absolute Gasteiger partial charge is 0.345 e. The summed E-state index contributed by atoms with van der Waals surface area (Å²) in [4.78, 5) is 33.4. The summed E-state index contributed by atoms with van der Waals surface area (Å²) in [5.74, 6) is 1.89. The monoisotopic (exact) mass is 419 g/mol. The summed E-state index contributed by atoms with van der Waals surface area (Å²) in [6, 6.07) is 0. The summed E-state index contributed by atoms with van der Waals surface area (Å²) in [6.45, 7) is 5.70. The zero-order valence-corrected chi connectivity index (χ0v) is 17.9. The molecule has 1 aromatic rings. The lowest BCUT2D eigenvalue weighted by molar-refractivity contribution is -0.142. The number of carbonyl (C=O) groups is 1. The third kappa shape index (κ3) is 4.53. The maximum atomic E-state index is 12.5. The number of carbonyl (C=O) groups excluding carboxylic acids is 1. The summed E-state index contributed by atoms with van der Waals surface area (Å²) in [5, 5.41) is 7.87. The van der Waals surface area contributed by atoms with E-state index in [4.69, 9.17) is 4.74 Å². The van der Waals surface area contributed by atoms with E-state index in [1.807, 2.05) is 9.47 Å². The Morgan fingerprint density at radius 3 is 2.67 bits per heavy atom. The number of fused-ring (bicyclic) bond motifs is 1. The van der Waals surface area contributed by atoms with Crippen LogP contribution in [0.15, 0.2) is 9.79 Å². The summed E-state index contributed by atoms with van der Waals surface area (Å²) >= 11 is 0. The van der Waals surface area contributed by atoms with E-state index in [2.05, 4.69) is 20.3 Å². The molecule has 3 aliphatic heterocycles. The van der Waals surface area contributed by atoms with Crippen LogP contribution in [0.2, 0.25) is 0 Å². The van der Waals surface area contributed by atoms with Gasteiger partial charge in [-0.25, -0.2) is 9.48 Å². The van der Waals surface area contributed by atoms with Crippen LogP contribution in [0, 0.1) is 0 Å². The first-order chi connectivity index (χ1) is 14.7. The number of guanidine groups is 1. The minimum atomic E-state index is -0.244. The van der Waals surface area contributed by atoms with Crippen molar-refractivity contribution in [3.8, 4) is 0 Å². The number of aryl methyl sites for hydroxylation is 2. The third-order valence-electron chi connectivity index (χ3n) is 6.17. The van der Waals surface area contributed by atoms with E-state index in [-0.39, 0.29) is 17.7 Å². The average Bonchev–Trinajstić information content (AvgIpc) is 3.43. The molecule has 0 aromatic carbocycles. The topological polar surface area (TPSA) is 97.0 Å². The highest BCUT2D eigenvalue weighted by atomic mass is 16.5. The molecule has 0 spiro atoms. The quantitative estimate of drug-likeness (QED) is 0.399. The molecule has 0 aliphatic carbocycles. The van der Waals surface area contributed by atoms with Gasteiger partial charge >= 0.3 is 5.69 Å². The maximum Gasteiger partial charge on any atom is 0.345 e. The van der Waals surface area contributed by atoms with Crippen molar-refractivity contribution in [2.24, 2.45) is 4.99 Å². The summed E-state index contributed by atoms with van der Waals surface area (Å²) in [6.07, 6.45) is 5.43. The van der Waals surface area contributed by atoms with Gasteiger partial charge in [0, 0.05) is 65.9 Å². The summed E-state index contributed by atoms with van der Waals surface area (Å²) in [7, 11) is 1.78. The largest absolute Gasteiger partial charge is 0.368 e. The fourth-order valence-electron chi connectivity index (χ4n) is 4.47. The third-order valence-corrected chi connectivity index (χ3v) is 6.17. The average molecular weight is 420 g/mol. The standard InChI is InChI=1S/C20H33N7O3/c1-21-19(25-13-11-24(12-14-25)18(28)16-6-4-15-30-16)22-8-5-10-27-20(29)26-9-3-2-7-17(26)23-27/h16H,2-15H2,1H3,(H,21,22). The van der Waals surface area contributed by atoms with Crippen molar-refractivity contribution >= 4 is 11.9 Å². The number of hydrogen-bond acceptors (Lipinski definition) is 5. The molecule has 3 aliphatic rings. The van der Waals surface area contributed by atoms with E-state index in [0.717, 1.165) is 76.5 Å². The first kappa shape index (κ1) is 20.9. The van der Waals surface area contributed by atoms with E-state index in [1.54, 1.807) is 11.7 Å². The highest BCUT2D eigenvalue weighted by molar-refractivity contribution is 5.82. The molecule has 1 N–H and O–H groups in total. The Labute approximate surface area is 176 Å². The van der Waals surface area contributed by atoms with Crippen LogP contribution in [0.5, 0.6) is 0 Å². The Hall–Kier alpha value is -2.36. The molecule has 1 atom stereocenters. The van der Waals surface area contributed by atoms with Crippen molar-refractivity contribution in [2.75, 3.05) is 46.4 Å². The summed E-state index contributed by atoms with van der Waals surface area (Å²) < 4.78 is 8.94. The highest BCUT2D eigenvalue weighted by Gasteiger charge is 2.30. The van der Waals surface area contributed by atoms with Crippen LogP contribution >= 0.6 is 0 Å². The van der Waals surface area contributed by atoms with E-state index >= 15 is 0 Å². The van der Waals surface area contributed by atoms with E-state index in [1.165, 1.54) is 0 Å². The molecule has 2 saturated heterocycles. The number of aliphatic imine (C=N–C) groups is 1.